The van der Waals surface area contributed by atoms with Gasteiger partial charge in [-0.3, -0.25) is 4.79 Å². The zero-order valence-corrected chi connectivity index (χ0v) is 9.61. The van der Waals surface area contributed by atoms with Crippen LogP contribution in [0.3, 0.4) is 0 Å². The fourth-order valence-electron chi connectivity index (χ4n) is 2.77. The summed E-state index contributed by atoms with van der Waals surface area (Å²) in [7, 11) is 0. The van der Waals surface area contributed by atoms with Gasteiger partial charge in [-0.1, -0.05) is 19.8 Å². The number of hydrogen-bond acceptors (Lipinski definition) is 2. The molecule has 15 heavy (non-hydrogen) atoms. The molecule has 2 N–H and O–H groups in total. The molecule has 2 fully saturated rings. The molecule has 2 unspecified atom stereocenters. The smallest absolute Gasteiger partial charge is 0.222 e. The van der Waals surface area contributed by atoms with Gasteiger partial charge in [0.25, 0.3) is 0 Å². The summed E-state index contributed by atoms with van der Waals surface area (Å²) in [5.74, 6) is 1.42. The van der Waals surface area contributed by atoms with Gasteiger partial charge in [0, 0.05) is 25.6 Å². The maximum atomic E-state index is 11.8. The number of hydrogen-bond donors (Lipinski definition) is 1. The molecule has 2 atom stereocenters. The Labute approximate surface area is 92.0 Å². The Balaban J connectivity index is 1.88. The monoisotopic (exact) mass is 210 g/mol. The summed E-state index contributed by atoms with van der Waals surface area (Å²) in [6.07, 6.45) is 5.93. The molecule has 1 amide bonds. The summed E-state index contributed by atoms with van der Waals surface area (Å²) < 4.78 is 0. The molecule has 0 aromatic heterocycles. The van der Waals surface area contributed by atoms with Crippen LogP contribution < -0.4 is 5.73 Å². The van der Waals surface area contributed by atoms with Gasteiger partial charge >= 0.3 is 0 Å². The van der Waals surface area contributed by atoms with Gasteiger partial charge in [-0.25, -0.2) is 0 Å². The highest BCUT2D eigenvalue weighted by Gasteiger charge is 2.30. The van der Waals surface area contributed by atoms with E-state index in [2.05, 4.69) is 6.92 Å². The summed E-state index contributed by atoms with van der Waals surface area (Å²) in [4.78, 5) is 13.8. The third kappa shape index (κ3) is 2.51. The molecule has 0 bridgehead atoms. The molecule has 1 aliphatic heterocycles. The lowest BCUT2D eigenvalue weighted by Gasteiger charge is -2.36. The molecule has 86 valence electrons. The Hall–Kier alpha value is -0.570. The second-order valence-corrected chi connectivity index (χ2v) is 5.29. The number of nitrogens with zero attached hydrogens (tertiary/aromatic N) is 1. The van der Waals surface area contributed by atoms with E-state index >= 15 is 0 Å². The van der Waals surface area contributed by atoms with Crippen LogP contribution in [0.1, 0.15) is 39.0 Å². The van der Waals surface area contributed by atoms with Crippen LogP contribution in [0.4, 0.5) is 0 Å². The Morgan fingerprint density at radius 2 is 2.07 bits per heavy atom. The number of carbonyl (C=O) groups is 1. The van der Waals surface area contributed by atoms with Gasteiger partial charge in [0.2, 0.25) is 5.91 Å². The first-order chi connectivity index (χ1) is 7.16. The Kier molecular flexibility index (Phi) is 3.29. The van der Waals surface area contributed by atoms with Crippen LogP contribution in [0.15, 0.2) is 0 Å². The third-order valence-corrected chi connectivity index (χ3v) is 3.96. The minimum Gasteiger partial charge on any atom is -0.341 e. The molecule has 0 spiro atoms. The van der Waals surface area contributed by atoms with Gasteiger partial charge in [0.1, 0.15) is 0 Å². The van der Waals surface area contributed by atoms with Gasteiger partial charge < -0.3 is 10.6 Å². The van der Waals surface area contributed by atoms with E-state index in [0.717, 1.165) is 19.0 Å². The van der Waals surface area contributed by atoms with Crippen LogP contribution in [-0.4, -0.2) is 29.9 Å². The van der Waals surface area contributed by atoms with E-state index < -0.39 is 0 Å². The Bertz CT molecular complexity index is 236. The first-order valence-electron chi connectivity index (χ1n) is 6.20. The van der Waals surface area contributed by atoms with Crippen molar-refractivity contribution < 1.29 is 4.79 Å². The minimum absolute atomic E-state index is 0.184. The van der Waals surface area contributed by atoms with E-state index in [1.165, 1.54) is 25.7 Å². The van der Waals surface area contributed by atoms with E-state index in [1.54, 1.807) is 0 Å². The summed E-state index contributed by atoms with van der Waals surface area (Å²) in [6.45, 7) is 3.81. The minimum atomic E-state index is 0.184. The second-order valence-electron chi connectivity index (χ2n) is 5.29. The van der Waals surface area contributed by atoms with Crippen LogP contribution in [0.5, 0.6) is 0 Å². The summed E-state index contributed by atoms with van der Waals surface area (Å²) >= 11 is 0. The highest BCUT2D eigenvalue weighted by Crippen LogP contribution is 2.27. The average Bonchev–Trinajstić information content (AvgIpc) is 2.67. The van der Waals surface area contributed by atoms with E-state index in [0.29, 0.717) is 18.2 Å². The van der Waals surface area contributed by atoms with Crippen LogP contribution in [0.2, 0.25) is 0 Å². The predicted molar refractivity (Wildman–Crippen MR) is 60.3 cm³/mol. The van der Waals surface area contributed by atoms with Gasteiger partial charge in [0.05, 0.1) is 0 Å². The fourth-order valence-corrected chi connectivity index (χ4v) is 2.77. The lowest BCUT2D eigenvalue weighted by Crippen LogP contribution is -2.51. The van der Waals surface area contributed by atoms with Gasteiger partial charge in [-0.15, -0.1) is 0 Å². The van der Waals surface area contributed by atoms with Crippen molar-refractivity contribution >= 4 is 5.91 Å². The molecule has 1 heterocycles. The van der Waals surface area contributed by atoms with Crippen molar-refractivity contribution in [2.45, 2.75) is 45.1 Å². The summed E-state index contributed by atoms with van der Waals surface area (Å²) in [5, 5.41) is 0. The lowest BCUT2D eigenvalue weighted by molar-refractivity contribution is -0.136. The third-order valence-electron chi connectivity index (χ3n) is 3.96. The zero-order chi connectivity index (χ0) is 10.8. The SMILES string of the molecule is CC1CC(=O)N(CC2CCCC2)CC1N. The van der Waals surface area contributed by atoms with E-state index in [9.17, 15) is 4.79 Å². The van der Waals surface area contributed by atoms with Crippen LogP contribution in [0, 0.1) is 11.8 Å². The number of piperidine rings is 1. The predicted octanol–water partition coefficient (Wildman–Crippen LogP) is 1.37. The van der Waals surface area contributed by atoms with Crippen molar-refractivity contribution in [2.75, 3.05) is 13.1 Å². The molecular formula is C12H22N2O. The molecule has 0 radical (unpaired) electrons. The molecule has 0 aromatic carbocycles. The van der Waals surface area contributed by atoms with Crippen molar-refractivity contribution in [1.82, 2.24) is 4.90 Å². The molecule has 3 heteroatoms. The van der Waals surface area contributed by atoms with Crippen LogP contribution in [0.25, 0.3) is 0 Å². The molecule has 2 rings (SSSR count). The largest absolute Gasteiger partial charge is 0.341 e. The molecule has 3 nitrogen and oxygen atoms in total. The molecule has 1 saturated carbocycles. The van der Waals surface area contributed by atoms with E-state index in [1.807, 2.05) is 4.90 Å². The van der Waals surface area contributed by atoms with Crippen LogP contribution in [-0.2, 0) is 4.79 Å². The molecule has 2 aliphatic rings. The molecular weight excluding hydrogens is 188 g/mol. The first-order valence-corrected chi connectivity index (χ1v) is 6.20. The quantitative estimate of drug-likeness (QED) is 0.748. The summed E-state index contributed by atoms with van der Waals surface area (Å²) in [6, 6.07) is 0.184. The zero-order valence-electron chi connectivity index (χ0n) is 9.61. The lowest BCUT2D eigenvalue weighted by atomic mass is 9.93. The van der Waals surface area contributed by atoms with Crippen molar-refractivity contribution in [1.29, 1.82) is 0 Å². The van der Waals surface area contributed by atoms with Gasteiger partial charge in [-0.2, -0.15) is 0 Å². The topological polar surface area (TPSA) is 46.3 Å². The summed E-state index contributed by atoms with van der Waals surface area (Å²) in [5.41, 5.74) is 6.01. The normalized spacial score (nSPS) is 33.7. The van der Waals surface area contributed by atoms with E-state index in [4.69, 9.17) is 5.73 Å². The van der Waals surface area contributed by atoms with Crippen molar-refractivity contribution in [2.24, 2.45) is 17.6 Å². The number of likely N-dealkylation sites (tertiary alicyclic amines) is 1. The standard InChI is InChI=1S/C12H22N2O/c1-9-6-12(15)14(8-11(9)13)7-10-4-2-3-5-10/h9-11H,2-8,13H2,1H3. The Morgan fingerprint density at radius 1 is 1.40 bits per heavy atom. The second kappa shape index (κ2) is 4.52. The molecule has 1 saturated heterocycles. The van der Waals surface area contributed by atoms with Gasteiger partial charge in [-0.05, 0) is 24.7 Å². The highest BCUT2D eigenvalue weighted by molar-refractivity contribution is 5.77. The van der Waals surface area contributed by atoms with Crippen molar-refractivity contribution in [3.05, 3.63) is 0 Å². The van der Waals surface area contributed by atoms with E-state index in [-0.39, 0.29) is 6.04 Å². The average molecular weight is 210 g/mol. The van der Waals surface area contributed by atoms with Crippen molar-refractivity contribution in [3.8, 4) is 0 Å². The van der Waals surface area contributed by atoms with Crippen molar-refractivity contribution in [3.63, 3.8) is 0 Å². The van der Waals surface area contributed by atoms with Crippen LogP contribution >= 0.6 is 0 Å². The first kappa shape index (κ1) is 10.9. The number of amides is 1. The maximum absolute atomic E-state index is 11.8. The Morgan fingerprint density at radius 3 is 2.73 bits per heavy atom. The van der Waals surface area contributed by atoms with Gasteiger partial charge in [0.15, 0.2) is 0 Å². The maximum Gasteiger partial charge on any atom is 0.222 e. The number of carbonyl (C=O) groups excluding carboxylic acids is 1. The number of rotatable bonds is 2. The molecule has 0 aromatic rings. The highest BCUT2D eigenvalue weighted by atomic mass is 16.2. The molecule has 1 aliphatic carbocycles. The fraction of sp³-hybridized carbons (Fsp3) is 0.917. The number of nitrogens with two attached hydrogens (primary N) is 1.